The molecule has 1 aliphatic heterocycles. The Morgan fingerprint density at radius 3 is 2.44 bits per heavy atom. The molecule has 0 aromatic carbocycles. The second-order valence-corrected chi connectivity index (χ2v) is 5.93. The van der Waals surface area contributed by atoms with Crippen LogP contribution >= 0.6 is 15.9 Å². The molecule has 0 atom stereocenters. The van der Waals surface area contributed by atoms with Crippen LogP contribution in [0.4, 0.5) is 4.79 Å². The van der Waals surface area contributed by atoms with Crippen molar-refractivity contribution in [2.75, 3.05) is 39.4 Å². The average Bonchev–Trinajstić information content (AvgIpc) is 3.03. The molecule has 0 spiro atoms. The molecule has 0 bridgehead atoms. The fraction of sp³-hybridized carbons (Fsp3) is 0.438. The smallest absolute Gasteiger partial charge is 0.409 e. The number of ether oxygens (including phenoxy) is 2. The molecule has 25 heavy (non-hydrogen) atoms. The van der Waals surface area contributed by atoms with Gasteiger partial charge in [-0.2, -0.15) is 0 Å². The van der Waals surface area contributed by atoms with Gasteiger partial charge in [0, 0.05) is 32.3 Å². The van der Waals surface area contributed by atoms with E-state index in [9.17, 15) is 14.4 Å². The summed E-state index contributed by atoms with van der Waals surface area (Å²) in [5, 5.41) is 0. The molecule has 1 aromatic heterocycles. The van der Waals surface area contributed by atoms with Gasteiger partial charge in [0.15, 0.2) is 11.3 Å². The maximum Gasteiger partial charge on any atom is 0.409 e. The summed E-state index contributed by atoms with van der Waals surface area (Å²) in [6, 6.07) is 3.38. The lowest BCUT2D eigenvalue weighted by atomic mass is 10.3. The summed E-state index contributed by atoms with van der Waals surface area (Å²) < 4.78 is 15.6. The number of furan rings is 1. The van der Waals surface area contributed by atoms with E-state index in [-0.39, 0.29) is 18.6 Å². The predicted octanol–water partition coefficient (Wildman–Crippen LogP) is 1.90. The average molecular weight is 415 g/mol. The van der Waals surface area contributed by atoms with Crippen LogP contribution in [0.5, 0.6) is 0 Å². The summed E-state index contributed by atoms with van der Waals surface area (Å²) in [6.45, 7) is 3.26. The molecule has 9 heteroatoms. The fourth-order valence-corrected chi connectivity index (χ4v) is 2.51. The first kappa shape index (κ1) is 19.0. The van der Waals surface area contributed by atoms with Crippen LogP contribution in [0.25, 0.3) is 6.08 Å². The quantitative estimate of drug-likeness (QED) is 0.539. The Labute approximate surface area is 153 Å². The minimum atomic E-state index is -0.633. The lowest BCUT2D eigenvalue weighted by molar-refractivity contribution is -0.148. The van der Waals surface area contributed by atoms with Crippen molar-refractivity contribution in [2.24, 2.45) is 0 Å². The normalized spacial score (nSPS) is 14.6. The summed E-state index contributed by atoms with van der Waals surface area (Å²) in [7, 11) is 0. The molecule has 1 aromatic rings. The molecular weight excluding hydrogens is 396 g/mol. The number of nitrogens with zero attached hydrogens (tertiary/aromatic N) is 2. The van der Waals surface area contributed by atoms with Crippen LogP contribution in [0.1, 0.15) is 12.7 Å². The molecule has 1 saturated heterocycles. The highest BCUT2D eigenvalue weighted by Crippen LogP contribution is 2.15. The van der Waals surface area contributed by atoms with Crippen molar-refractivity contribution < 1.29 is 28.3 Å². The van der Waals surface area contributed by atoms with Crippen LogP contribution in [-0.2, 0) is 19.1 Å². The minimum Gasteiger partial charge on any atom is -0.452 e. The Balaban J connectivity index is 1.71. The molecule has 0 radical (unpaired) electrons. The van der Waals surface area contributed by atoms with Gasteiger partial charge >= 0.3 is 12.1 Å². The van der Waals surface area contributed by atoms with Crippen molar-refractivity contribution in [3.8, 4) is 0 Å². The van der Waals surface area contributed by atoms with E-state index in [1.165, 1.54) is 12.2 Å². The van der Waals surface area contributed by atoms with Crippen LogP contribution in [0.3, 0.4) is 0 Å². The second kappa shape index (κ2) is 9.26. The van der Waals surface area contributed by atoms with E-state index < -0.39 is 5.97 Å². The Hall–Kier alpha value is -2.29. The van der Waals surface area contributed by atoms with Gasteiger partial charge in [0.2, 0.25) is 0 Å². The summed E-state index contributed by atoms with van der Waals surface area (Å²) in [6.07, 6.45) is 2.27. The largest absolute Gasteiger partial charge is 0.452 e. The van der Waals surface area contributed by atoms with E-state index >= 15 is 0 Å². The van der Waals surface area contributed by atoms with Gasteiger partial charge in [-0.05, 0) is 41.1 Å². The lowest BCUT2D eigenvalue weighted by Gasteiger charge is -2.33. The van der Waals surface area contributed by atoms with E-state index in [4.69, 9.17) is 13.9 Å². The number of amides is 2. The van der Waals surface area contributed by atoms with Crippen LogP contribution in [0.2, 0.25) is 0 Å². The van der Waals surface area contributed by atoms with Gasteiger partial charge < -0.3 is 23.7 Å². The van der Waals surface area contributed by atoms with Crippen molar-refractivity contribution in [1.82, 2.24) is 9.80 Å². The van der Waals surface area contributed by atoms with Crippen LogP contribution in [-0.4, -0.2) is 67.2 Å². The number of hydrogen-bond acceptors (Lipinski definition) is 6. The molecule has 0 saturated carbocycles. The van der Waals surface area contributed by atoms with Crippen LogP contribution in [0, 0.1) is 0 Å². The first-order valence-electron chi connectivity index (χ1n) is 7.79. The van der Waals surface area contributed by atoms with Crippen LogP contribution < -0.4 is 0 Å². The summed E-state index contributed by atoms with van der Waals surface area (Å²) in [4.78, 5) is 38.4. The Morgan fingerprint density at radius 1 is 1.16 bits per heavy atom. The Kier molecular flexibility index (Phi) is 7.05. The van der Waals surface area contributed by atoms with Gasteiger partial charge in [-0.25, -0.2) is 9.59 Å². The molecule has 2 heterocycles. The van der Waals surface area contributed by atoms with Gasteiger partial charge in [0.25, 0.3) is 5.91 Å². The molecule has 0 unspecified atom stereocenters. The topological polar surface area (TPSA) is 89.3 Å². The maximum atomic E-state index is 12.0. The number of carbonyl (C=O) groups is 3. The fourth-order valence-electron chi connectivity index (χ4n) is 2.19. The monoisotopic (exact) mass is 414 g/mol. The third-order valence-electron chi connectivity index (χ3n) is 3.47. The first-order valence-corrected chi connectivity index (χ1v) is 8.58. The van der Waals surface area contributed by atoms with Crippen molar-refractivity contribution in [2.45, 2.75) is 6.92 Å². The highest BCUT2D eigenvalue weighted by atomic mass is 79.9. The van der Waals surface area contributed by atoms with Crippen molar-refractivity contribution in [3.05, 3.63) is 28.6 Å². The molecule has 136 valence electrons. The Bertz CT molecular complexity index is 649. The van der Waals surface area contributed by atoms with Gasteiger partial charge in [0.1, 0.15) is 5.76 Å². The van der Waals surface area contributed by atoms with E-state index in [0.29, 0.717) is 43.2 Å². The number of esters is 1. The first-order chi connectivity index (χ1) is 12.0. The van der Waals surface area contributed by atoms with Gasteiger partial charge in [-0.1, -0.05) is 0 Å². The predicted molar refractivity (Wildman–Crippen MR) is 91.6 cm³/mol. The summed E-state index contributed by atoms with van der Waals surface area (Å²) >= 11 is 3.16. The third-order valence-corrected chi connectivity index (χ3v) is 3.90. The maximum absolute atomic E-state index is 12.0. The zero-order chi connectivity index (χ0) is 18.2. The molecule has 2 rings (SSSR count). The highest BCUT2D eigenvalue weighted by Gasteiger charge is 2.25. The van der Waals surface area contributed by atoms with Gasteiger partial charge in [-0.3, -0.25) is 4.79 Å². The standard InChI is InChI=1S/C16H19BrN2O6/c1-2-23-16(22)19-9-7-18(8-10-19)14(20)11-24-15(21)6-4-12-3-5-13(17)25-12/h3-6H,2,7-11H2,1H3. The molecular formula is C16H19BrN2O6. The lowest BCUT2D eigenvalue weighted by Crippen LogP contribution is -2.51. The zero-order valence-corrected chi connectivity index (χ0v) is 15.4. The molecule has 2 amide bonds. The number of rotatable bonds is 5. The highest BCUT2D eigenvalue weighted by molar-refractivity contribution is 9.10. The Morgan fingerprint density at radius 2 is 1.84 bits per heavy atom. The zero-order valence-electron chi connectivity index (χ0n) is 13.8. The summed E-state index contributed by atoms with van der Waals surface area (Å²) in [5.74, 6) is -0.442. The minimum absolute atomic E-state index is 0.300. The van der Waals surface area contributed by atoms with E-state index in [0.717, 1.165) is 0 Å². The molecule has 0 N–H and O–H groups in total. The summed E-state index contributed by atoms with van der Waals surface area (Å²) in [5.41, 5.74) is 0. The molecule has 1 aliphatic rings. The van der Waals surface area contributed by atoms with Gasteiger partial charge in [-0.15, -0.1) is 0 Å². The van der Waals surface area contributed by atoms with E-state index in [2.05, 4.69) is 15.9 Å². The molecule has 0 aliphatic carbocycles. The third kappa shape index (κ3) is 5.93. The van der Waals surface area contributed by atoms with Crippen molar-refractivity contribution in [3.63, 3.8) is 0 Å². The number of carbonyl (C=O) groups excluding carboxylic acids is 3. The molecule has 1 fully saturated rings. The van der Waals surface area contributed by atoms with Crippen molar-refractivity contribution >= 4 is 40.0 Å². The van der Waals surface area contributed by atoms with E-state index in [1.807, 2.05) is 0 Å². The number of halogens is 1. The van der Waals surface area contributed by atoms with E-state index in [1.54, 1.807) is 28.9 Å². The SMILES string of the molecule is CCOC(=O)N1CCN(C(=O)COC(=O)C=Cc2ccc(Br)o2)CC1. The van der Waals surface area contributed by atoms with Crippen LogP contribution in [0.15, 0.2) is 27.3 Å². The van der Waals surface area contributed by atoms with Gasteiger partial charge in [0.05, 0.1) is 6.61 Å². The van der Waals surface area contributed by atoms with Crippen molar-refractivity contribution in [1.29, 1.82) is 0 Å². The number of piperazine rings is 1. The number of hydrogen-bond donors (Lipinski definition) is 0. The molecule has 8 nitrogen and oxygen atoms in total. The second-order valence-electron chi connectivity index (χ2n) is 5.15.